The summed E-state index contributed by atoms with van der Waals surface area (Å²) in [5.74, 6) is 0.701. The van der Waals surface area contributed by atoms with E-state index in [2.05, 4.69) is 74.5 Å². The van der Waals surface area contributed by atoms with E-state index in [9.17, 15) is 5.26 Å². The van der Waals surface area contributed by atoms with Gasteiger partial charge in [0.2, 0.25) is 0 Å². The molecule has 0 aliphatic carbocycles. The van der Waals surface area contributed by atoms with Crippen LogP contribution in [0.4, 0.5) is 11.4 Å². The summed E-state index contributed by atoms with van der Waals surface area (Å²) < 4.78 is 6.33. The third-order valence-electron chi connectivity index (χ3n) is 9.05. The number of likely N-dealkylation sites (tertiary alicyclic amines) is 2. The normalized spacial score (nSPS) is 17.3. The first-order valence-electron chi connectivity index (χ1n) is 14.9. The predicted molar refractivity (Wildman–Crippen MR) is 164 cm³/mol. The Bertz CT molecular complexity index is 1730. The van der Waals surface area contributed by atoms with Crippen LogP contribution in [-0.2, 0) is 6.54 Å². The lowest BCUT2D eigenvalue weighted by molar-refractivity contribution is 0.0897. The number of aromatic nitrogens is 2. The number of hydrogen-bond donors (Lipinski definition) is 2. The van der Waals surface area contributed by atoms with Crippen molar-refractivity contribution in [1.82, 2.24) is 19.8 Å². The third kappa shape index (κ3) is 5.10. The van der Waals surface area contributed by atoms with Gasteiger partial charge in [-0.2, -0.15) is 5.26 Å². The minimum absolute atomic E-state index is 0.477. The van der Waals surface area contributed by atoms with Crippen LogP contribution in [0.1, 0.15) is 48.8 Å². The van der Waals surface area contributed by atoms with E-state index in [1.54, 1.807) is 12.4 Å². The van der Waals surface area contributed by atoms with Gasteiger partial charge in [0.15, 0.2) is 0 Å². The Balaban J connectivity index is 1.12. The molecule has 2 aromatic carbocycles. The second kappa shape index (κ2) is 11.0. The zero-order valence-electron chi connectivity index (χ0n) is 23.6. The molecular weight excluding hydrogens is 508 g/mol. The molecule has 2 N–H and O–H groups in total. The van der Waals surface area contributed by atoms with Crippen LogP contribution in [0.15, 0.2) is 65.5 Å². The van der Waals surface area contributed by atoms with Gasteiger partial charge in [0.05, 0.1) is 16.8 Å². The summed E-state index contributed by atoms with van der Waals surface area (Å²) in [7, 11) is 0. The fourth-order valence-corrected chi connectivity index (χ4v) is 6.73. The molecule has 0 atom stereocenters. The number of rotatable bonds is 6. The molecule has 2 aliphatic rings. The molecule has 2 fully saturated rings. The monoisotopic (exact) mass is 544 g/mol. The van der Waals surface area contributed by atoms with E-state index in [-0.39, 0.29) is 0 Å². The smallest absolute Gasteiger partial charge is 0.139 e. The van der Waals surface area contributed by atoms with Gasteiger partial charge in [-0.15, -0.1) is 0 Å². The fraction of sp³-hybridized carbons (Fsp3) is 0.353. The Kier molecular flexibility index (Phi) is 6.95. The molecule has 3 aromatic heterocycles. The first-order valence-corrected chi connectivity index (χ1v) is 14.9. The van der Waals surface area contributed by atoms with Crippen LogP contribution < -0.4 is 5.32 Å². The van der Waals surface area contributed by atoms with Crippen LogP contribution >= 0.6 is 0 Å². The van der Waals surface area contributed by atoms with Gasteiger partial charge in [-0.25, -0.2) is 0 Å². The van der Waals surface area contributed by atoms with Crippen LogP contribution in [0.3, 0.4) is 0 Å². The Labute approximate surface area is 240 Å². The molecule has 7 rings (SSSR count). The summed E-state index contributed by atoms with van der Waals surface area (Å²) in [6.45, 7) is 7.94. The highest BCUT2D eigenvalue weighted by Crippen LogP contribution is 2.37. The fourth-order valence-electron chi connectivity index (χ4n) is 6.73. The summed E-state index contributed by atoms with van der Waals surface area (Å²) in [5, 5.41) is 15.7. The average Bonchev–Trinajstić information content (AvgIpc) is 3.67. The third-order valence-corrected chi connectivity index (χ3v) is 9.05. The zero-order chi connectivity index (χ0) is 27.8. The largest absolute Gasteiger partial charge is 0.456 e. The standard InChI is InChI=1S/C34H36N6O/c1-23-28-9-12-37-31(28)7-6-30(23)38-34-26(19-35)20-36-21-29(34)33-18-25-17-24(5-8-32(25)41-33)22-39-15-10-27(11-16-39)40-13-3-2-4-14-40/h5-9,12,17-18,20-21,27,37H,2-4,10-11,13-16,22H2,1H3,(H,36,38). The SMILES string of the molecule is Cc1c(Nc2c(C#N)cncc2-c2cc3cc(CN4CCC(N5CCCCC5)CC4)ccc3o2)ccc2[nH]ccc12. The van der Waals surface area contributed by atoms with Crippen molar-refractivity contribution in [3.8, 4) is 17.4 Å². The molecule has 0 amide bonds. The Morgan fingerprint density at radius 3 is 2.71 bits per heavy atom. The van der Waals surface area contributed by atoms with E-state index in [1.165, 1.54) is 50.8 Å². The van der Waals surface area contributed by atoms with Crippen molar-refractivity contribution < 1.29 is 4.42 Å². The van der Waals surface area contributed by atoms with Crippen molar-refractivity contribution in [2.24, 2.45) is 0 Å². The number of hydrogen-bond acceptors (Lipinski definition) is 6. The summed E-state index contributed by atoms with van der Waals surface area (Å²) in [5.41, 5.74) is 7.25. The molecule has 0 spiro atoms. The van der Waals surface area contributed by atoms with Crippen LogP contribution in [0, 0.1) is 18.3 Å². The van der Waals surface area contributed by atoms with Gasteiger partial charge in [0.25, 0.3) is 0 Å². The Morgan fingerprint density at radius 1 is 1.02 bits per heavy atom. The molecule has 0 saturated carbocycles. The van der Waals surface area contributed by atoms with E-state index in [0.29, 0.717) is 17.0 Å². The number of aryl methyl sites for hydroxylation is 1. The van der Waals surface area contributed by atoms with Gasteiger partial charge in [0, 0.05) is 53.2 Å². The van der Waals surface area contributed by atoms with Gasteiger partial charge < -0.3 is 19.6 Å². The van der Waals surface area contributed by atoms with Crippen molar-refractivity contribution in [3.63, 3.8) is 0 Å². The van der Waals surface area contributed by atoms with Crippen molar-refractivity contribution in [1.29, 1.82) is 5.26 Å². The first kappa shape index (κ1) is 25.8. The molecule has 208 valence electrons. The molecule has 5 aromatic rings. The Morgan fingerprint density at radius 2 is 1.88 bits per heavy atom. The van der Waals surface area contributed by atoms with E-state index in [1.807, 2.05) is 12.3 Å². The molecule has 7 nitrogen and oxygen atoms in total. The number of benzene rings is 2. The molecule has 2 aliphatic heterocycles. The van der Waals surface area contributed by atoms with Crippen LogP contribution in [0.25, 0.3) is 33.2 Å². The topological polar surface area (TPSA) is 84.1 Å². The van der Waals surface area contributed by atoms with Crippen molar-refractivity contribution in [2.75, 3.05) is 31.5 Å². The van der Waals surface area contributed by atoms with Gasteiger partial charge in [-0.1, -0.05) is 12.5 Å². The van der Waals surface area contributed by atoms with Gasteiger partial charge in [0.1, 0.15) is 17.4 Å². The van der Waals surface area contributed by atoms with E-state index in [0.717, 1.165) is 64.4 Å². The summed E-state index contributed by atoms with van der Waals surface area (Å²) in [6, 6.07) is 17.8. The number of nitrogens with zero attached hydrogens (tertiary/aromatic N) is 4. The molecule has 0 radical (unpaired) electrons. The molecule has 7 heteroatoms. The molecular formula is C34H36N6O. The second-order valence-corrected chi connectivity index (χ2v) is 11.6. The van der Waals surface area contributed by atoms with Gasteiger partial charge >= 0.3 is 0 Å². The number of pyridine rings is 1. The van der Waals surface area contributed by atoms with E-state index >= 15 is 0 Å². The highest BCUT2D eigenvalue weighted by atomic mass is 16.3. The number of fused-ring (bicyclic) bond motifs is 2. The highest BCUT2D eigenvalue weighted by molar-refractivity contribution is 5.92. The number of nitriles is 1. The zero-order valence-corrected chi connectivity index (χ0v) is 23.6. The van der Waals surface area contributed by atoms with Gasteiger partial charge in [-0.05, 0) is 106 Å². The molecule has 5 heterocycles. The number of H-pyrrole nitrogens is 1. The van der Waals surface area contributed by atoms with Crippen LogP contribution in [-0.4, -0.2) is 52.0 Å². The van der Waals surface area contributed by atoms with E-state index in [4.69, 9.17) is 4.42 Å². The number of nitrogens with one attached hydrogen (secondary N) is 2. The van der Waals surface area contributed by atoms with Crippen molar-refractivity contribution >= 4 is 33.2 Å². The molecule has 0 bridgehead atoms. The molecule has 41 heavy (non-hydrogen) atoms. The maximum atomic E-state index is 9.93. The maximum Gasteiger partial charge on any atom is 0.139 e. The lowest BCUT2D eigenvalue weighted by Gasteiger charge is -2.40. The van der Waals surface area contributed by atoms with Crippen molar-refractivity contribution in [2.45, 2.75) is 51.6 Å². The first-order chi connectivity index (χ1) is 20.2. The number of piperidine rings is 2. The average molecular weight is 545 g/mol. The second-order valence-electron chi connectivity index (χ2n) is 11.6. The summed E-state index contributed by atoms with van der Waals surface area (Å²) >= 11 is 0. The molecule has 2 saturated heterocycles. The summed E-state index contributed by atoms with van der Waals surface area (Å²) in [6.07, 6.45) is 12.0. The van der Waals surface area contributed by atoms with Crippen LogP contribution in [0.5, 0.6) is 0 Å². The predicted octanol–water partition coefficient (Wildman–Crippen LogP) is 7.35. The minimum Gasteiger partial charge on any atom is -0.456 e. The lowest BCUT2D eigenvalue weighted by Crippen LogP contribution is -2.46. The number of anilines is 2. The maximum absolute atomic E-state index is 9.93. The lowest BCUT2D eigenvalue weighted by atomic mass is 9.99. The number of aromatic amines is 1. The van der Waals surface area contributed by atoms with Gasteiger partial charge in [-0.3, -0.25) is 9.88 Å². The number of furan rings is 1. The van der Waals surface area contributed by atoms with E-state index < -0.39 is 0 Å². The van der Waals surface area contributed by atoms with Crippen LogP contribution in [0.2, 0.25) is 0 Å². The minimum atomic E-state index is 0.477. The van der Waals surface area contributed by atoms with Crippen molar-refractivity contribution in [3.05, 3.63) is 77.7 Å². The summed E-state index contributed by atoms with van der Waals surface area (Å²) in [4.78, 5) is 13.0. The quantitative estimate of drug-likeness (QED) is 0.233. The molecule has 0 unspecified atom stereocenters. The highest BCUT2D eigenvalue weighted by Gasteiger charge is 2.25. The Hall–Kier alpha value is -4.12.